The first kappa shape index (κ1) is 17.4. The standard InChI is InChI=1S/C13H19F4NOS/c1-12(2,3)18-6-9-4-5-10(20-9)7-19-8-13(16,17)11(14)15/h4-5,11,18H,6-8H2,1-3H3. The van der Waals surface area contributed by atoms with E-state index in [2.05, 4.69) is 10.1 Å². The Morgan fingerprint density at radius 1 is 1.20 bits per heavy atom. The van der Waals surface area contributed by atoms with Gasteiger partial charge in [-0.25, -0.2) is 8.78 Å². The Morgan fingerprint density at radius 3 is 2.35 bits per heavy atom. The van der Waals surface area contributed by atoms with Crippen LogP contribution in [0.2, 0.25) is 0 Å². The fourth-order valence-corrected chi connectivity index (χ4v) is 2.19. The third-order valence-electron chi connectivity index (χ3n) is 2.37. The molecule has 2 nitrogen and oxygen atoms in total. The second kappa shape index (κ2) is 6.87. The number of hydrogen-bond acceptors (Lipinski definition) is 3. The topological polar surface area (TPSA) is 21.3 Å². The highest BCUT2D eigenvalue weighted by Crippen LogP contribution is 2.24. The minimum atomic E-state index is -4.09. The molecule has 0 aliphatic rings. The van der Waals surface area contributed by atoms with Crippen molar-refractivity contribution in [1.29, 1.82) is 0 Å². The lowest BCUT2D eigenvalue weighted by molar-refractivity contribution is -0.168. The quantitative estimate of drug-likeness (QED) is 0.767. The Labute approximate surface area is 120 Å². The zero-order chi connectivity index (χ0) is 15.4. The van der Waals surface area contributed by atoms with Crippen molar-refractivity contribution in [3.05, 3.63) is 21.9 Å². The molecule has 1 aromatic heterocycles. The number of alkyl halides is 4. The van der Waals surface area contributed by atoms with Crippen molar-refractivity contribution in [3.63, 3.8) is 0 Å². The Hall–Kier alpha value is -0.660. The maximum absolute atomic E-state index is 12.6. The minimum Gasteiger partial charge on any atom is -0.369 e. The lowest BCUT2D eigenvalue weighted by Crippen LogP contribution is -2.34. The van der Waals surface area contributed by atoms with Gasteiger partial charge in [0, 0.05) is 21.8 Å². The Morgan fingerprint density at radius 2 is 1.80 bits per heavy atom. The molecule has 1 aromatic rings. The zero-order valence-corrected chi connectivity index (χ0v) is 12.5. The smallest absolute Gasteiger partial charge is 0.330 e. The summed E-state index contributed by atoms with van der Waals surface area (Å²) >= 11 is 1.41. The molecule has 1 N–H and O–H groups in total. The molecule has 0 aromatic carbocycles. The molecule has 0 atom stereocenters. The number of hydrogen-bond donors (Lipinski definition) is 1. The monoisotopic (exact) mass is 313 g/mol. The van der Waals surface area contributed by atoms with Crippen molar-refractivity contribution in [2.24, 2.45) is 0 Å². The van der Waals surface area contributed by atoms with Crippen LogP contribution >= 0.6 is 11.3 Å². The maximum atomic E-state index is 12.6. The Bertz CT molecular complexity index is 415. The van der Waals surface area contributed by atoms with Gasteiger partial charge in [-0.2, -0.15) is 8.78 Å². The van der Waals surface area contributed by atoms with E-state index in [9.17, 15) is 17.6 Å². The molecule has 0 radical (unpaired) electrons. The van der Waals surface area contributed by atoms with Crippen molar-refractivity contribution >= 4 is 11.3 Å². The van der Waals surface area contributed by atoms with Crippen molar-refractivity contribution in [2.45, 2.75) is 51.8 Å². The Kier molecular flexibility index (Phi) is 5.97. The largest absolute Gasteiger partial charge is 0.369 e. The Balaban J connectivity index is 2.38. The summed E-state index contributed by atoms with van der Waals surface area (Å²) in [4.78, 5) is 1.78. The first-order valence-corrected chi connectivity index (χ1v) is 6.98. The molecule has 0 aliphatic carbocycles. The average Bonchev–Trinajstić information content (AvgIpc) is 2.73. The molecule has 0 spiro atoms. The molecule has 0 saturated heterocycles. The average molecular weight is 313 g/mol. The minimum absolute atomic E-state index is 0.0139. The maximum Gasteiger partial charge on any atom is 0.330 e. The summed E-state index contributed by atoms with van der Waals surface area (Å²) in [5.41, 5.74) is -0.0139. The van der Waals surface area contributed by atoms with Crippen molar-refractivity contribution < 1.29 is 22.3 Å². The van der Waals surface area contributed by atoms with Crippen LogP contribution in [0.3, 0.4) is 0 Å². The van der Waals surface area contributed by atoms with Crippen LogP contribution in [0.25, 0.3) is 0 Å². The molecule has 0 fully saturated rings. The molecule has 0 amide bonds. The van der Waals surface area contributed by atoms with Gasteiger partial charge in [-0.05, 0) is 32.9 Å². The molecule has 1 rings (SSSR count). The summed E-state index contributed by atoms with van der Waals surface area (Å²) in [6.07, 6.45) is -3.70. The predicted molar refractivity (Wildman–Crippen MR) is 71.5 cm³/mol. The van der Waals surface area contributed by atoms with Gasteiger partial charge in [0.1, 0.15) is 6.61 Å². The van der Waals surface area contributed by atoms with Crippen molar-refractivity contribution in [1.82, 2.24) is 5.32 Å². The molecule has 0 saturated carbocycles. The van der Waals surface area contributed by atoms with E-state index in [-0.39, 0.29) is 12.1 Å². The number of thiophene rings is 1. The van der Waals surface area contributed by atoms with Gasteiger partial charge in [-0.3, -0.25) is 0 Å². The van der Waals surface area contributed by atoms with E-state index in [1.165, 1.54) is 11.3 Å². The fraction of sp³-hybridized carbons (Fsp3) is 0.692. The first-order chi connectivity index (χ1) is 9.10. The lowest BCUT2D eigenvalue weighted by atomic mass is 10.1. The molecule has 116 valence electrons. The fourth-order valence-electron chi connectivity index (χ4n) is 1.30. The van der Waals surface area contributed by atoms with E-state index in [1.54, 1.807) is 6.07 Å². The third kappa shape index (κ3) is 6.19. The summed E-state index contributed by atoms with van der Waals surface area (Å²) < 4.78 is 53.8. The SMILES string of the molecule is CC(C)(C)NCc1ccc(COCC(F)(F)C(F)F)s1. The van der Waals surface area contributed by atoms with Gasteiger partial charge in [-0.15, -0.1) is 11.3 Å². The van der Waals surface area contributed by atoms with Gasteiger partial charge in [-0.1, -0.05) is 0 Å². The zero-order valence-electron chi connectivity index (χ0n) is 11.7. The summed E-state index contributed by atoms with van der Waals surface area (Å²) in [5, 5.41) is 3.30. The van der Waals surface area contributed by atoms with Crippen LogP contribution in [-0.4, -0.2) is 24.5 Å². The highest BCUT2D eigenvalue weighted by molar-refractivity contribution is 7.11. The van der Waals surface area contributed by atoms with Gasteiger partial charge in [0.05, 0.1) is 6.61 Å². The third-order valence-corrected chi connectivity index (χ3v) is 3.43. The van der Waals surface area contributed by atoms with Crippen molar-refractivity contribution in [2.75, 3.05) is 6.61 Å². The molecule has 20 heavy (non-hydrogen) atoms. The normalized spacial score (nSPS) is 13.2. The van der Waals surface area contributed by atoms with Crippen LogP contribution in [-0.2, 0) is 17.9 Å². The highest BCUT2D eigenvalue weighted by Gasteiger charge is 2.40. The summed E-state index contributed by atoms with van der Waals surface area (Å²) in [6, 6.07) is 3.62. The van der Waals surface area contributed by atoms with Crippen LogP contribution in [0.1, 0.15) is 30.5 Å². The van der Waals surface area contributed by atoms with Crippen LogP contribution in [0.4, 0.5) is 17.6 Å². The first-order valence-electron chi connectivity index (χ1n) is 6.16. The van der Waals surface area contributed by atoms with Crippen LogP contribution < -0.4 is 5.32 Å². The molecule has 1 heterocycles. The summed E-state index contributed by atoms with van der Waals surface area (Å²) in [5.74, 6) is -4.09. The molecular formula is C13H19F4NOS. The van der Waals surface area contributed by atoms with Crippen LogP contribution in [0.15, 0.2) is 12.1 Å². The summed E-state index contributed by atoms with van der Waals surface area (Å²) in [6.45, 7) is 5.44. The van der Waals surface area contributed by atoms with Gasteiger partial charge in [0.25, 0.3) is 0 Å². The van der Waals surface area contributed by atoms with Crippen LogP contribution in [0.5, 0.6) is 0 Å². The highest BCUT2D eigenvalue weighted by atomic mass is 32.1. The number of ether oxygens (including phenoxy) is 1. The van der Waals surface area contributed by atoms with E-state index < -0.39 is 19.0 Å². The van der Waals surface area contributed by atoms with Crippen molar-refractivity contribution in [3.8, 4) is 0 Å². The molecule has 0 unspecified atom stereocenters. The molecule has 7 heteroatoms. The number of rotatable bonds is 7. The van der Waals surface area contributed by atoms with Gasteiger partial charge in [0.15, 0.2) is 0 Å². The van der Waals surface area contributed by atoms with Gasteiger partial charge < -0.3 is 10.1 Å². The lowest BCUT2D eigenvalue weighted by Gasteiger charge is -2.19. The number of nitrogens with one attached hydrogen (secondary N) is 1. The summed E-state index contributed by atoms with van der Waals surface area (Å²) in [7, 11) is 0. The second-order valence-electron chi connectivity index (χ2n) is 5.53. The molecule has 0 aliphatic heterocycles. The van der Waals surface area contributed by atoms with E-state index in [0.717, 1.165) is 9.75 Å². The molecule has 0 bridgehead atoms. The van der Waals surface area contributed by atoms with Gasteiger partial charge >= 0.3 is 12.3 Å². The predicted octanol–water partition coefficient (Wildman–Crippen LogP) is 4.05. The van der Waals surface area contributed by atoms with Gasteiger partial charge in [0.2, 0.25) is 0 Å². The van der Waals surface area contributed by atoms with E-state index in [1.807, 2.05) is 26.8 Å². The molecular weight excluding hydrogens is 294 g/mol. The van der Waals surface area contributed by atoms with E-state index in [4.69, 9.17) is 0 Å². The number of halogens is 4. The van der Waals surface area contributed by atoms with E-state index in [0.29, 0.717) is 6.54 Å². The van der Waals surface area contributed by atoms with E-state index >= 15 is 0 Å². The second-order valence-corrected chi connectivity index (χ2v) is 6.78. The van der Waals surface area contributed by atoms with Crippen LogP contribution in [0, 0.1) is 0 Å².